The third-order valence-corrected chi connectivity index (χ3v) is 3.53. The van der Waals surface area contributed by atoms with Gasteiger partial charge >= 0.3 is 5.69 Å². The number of benzene rings is 1. The van der Waals surface area contributed by atoms with Crippen LogP contribution in [0.5, 0.6) is 5.88 Å². The monoisotopic (exact) mass is 244 g/mol. The maximum atomic E-state index is 12.2. The van der Waals surface area contributed by atoms with Crippen molar-refractivity contribution in [3.05, 3.63) is 52.1 Å². The minimum atomic E-state index is -0.0916. The fraction of sp³-hybridized carbons (Fsp3) is 0.357. The second-order valence-electron chi connectivity index (χ2n) is 4.73. The number of aromatic nitrogens is 2. The molecule has 0 saturated carbocycles. The number of imidazole rings is 1. The molecule has 2 heterocycles. The molecule has 0 unspecified atom stereocenters. The van der Waals surface area contributed by atoms with E-state index in [9.17, 15) is 9.90 Å². The topological polar surface area (TPSA) is 47.2 Å². The molecule has 1 N–H and O–H groups in total. The Morgan fingerprint density at radius 1 is 1.17 bits per heavy atom. The van der Waals surface area contributed by atoms with Crippen LogP contribution in [0.25, 0.3) is 0 Å². The molecule has 1 aromatic heterocycles. The van der Waals surface area contributed by atoms with Gasteiger partial charge in [-0.05, 0) is 24.8 Å². The van der Waals surface area contributed by atoms with Crippen molar-refractivity contribution in [2.24, 2.45) is 0 Å². The van der Waals surface area contributed by atoms with Crippen molar-refractivity contribution in [2.45, 2.75) is 32.4 Å². The molecule has 4 nitrogen and oxygen atoms in total. The van der Waals surface area contributed by atoms with E-state index >= 15 is 0 Å². The summed E-state index contributed by atoms with van der Waals surface area (Å²) >= 11 is 0. The van der Waals surface area contributed by atoms with Crippen LogP contribution >= 0.6 is 0 Å². The lowest BCUT2D eigenvalue weighted by atomic mass is 10.1. The molecule has 1 aromatic carbocycles. The molecule has 4 heteroatoms. The van der Waals surface area contributed by atoms with E-state index in [0.717, 1.165) is 37.1 Å². The lowest BCUT2D eigenvalue weighted by Crippen LogP contribution is -2.27. The molecule has 0 saturated heterocycles. The smallest absolute Gasteiger partial charge is 0.331 e. The number of rotatable bonds is 2. The van der Waals surface area contributed by atoms with Crippen LogP contribution in [0.4, 0.5) is 0 Å². The first-order valence-electron chi connectivity index (χ1n) is 6.32. The fourth-order valence-electron chi connectivity index (χ4n) is 2.58. The molecule has 3 rings (SSSR count). The first-order chi connectivity index (χ1) is 8.77. The van der Waals surface area contributed by atoms with Crippen molar-refractivity contribution in [1.29, 1.82) is 0 Å². The highest BCUT2D eigenvalue weighted by atomic mass is 16.3. The second-order valence-corrected chi connectivity index (χ2v) is 4.73. The highest BCUT2D eigenvalue weighted by Crippen LogP contribution is 2.23. The molecule has 0 fully saturated rings. The van der Waals surface area contributed by atoms with Crippen LogP contribution in [0.3, 0.4) is 0 Å². The summed E-state index contributed by atoms with van der Waals surface area (Å²) in [7, 11) is 0. The van der Waals surface area contributed by atoms with Gasteiger partial charge in [-0.15, -0.1) is 0 Å². The van der Waals surface area contributed by atoms with Gasteiger partial charge in [0.05, 0.1) is 12.2 Å². The fourth-order valence-corrected chi connectivity index (χ4v) is 2.58. The average Bonchev–Trinajstić information content (AvgIpc) is 2.66. The van der Waals surface area contributed by atoms with E-state index in [1.54, 1.807) is 4.57 Å². The van der Waals surface area contributed by atoms with Crippen LogP contribution in [-0.2, 0) is 19.5 Å². The molecule has 1 aliphatic heterocycles. The minimum Gasteiger partial charge on any atom is -0.493 e. The summed E-state index contributed by atoms with van der Waals surface area (Å²) in [6.45, 7) is 1.16. The summed E-state index contributed by atoms with van der Waals surface area (Å²) in [5.41, 5.74) is 1.73. The Morgan fingerprint density at radius 2 is 1.94 bits per heavy atom. The van der Waals surface area contributed by atoms with E-state index in [-0.39, 0.29) is 11.6 Å². The summed E-state index contributed by atoms with van der Waals surface area (Å²) in [6.07, 6.45) is 2.85. The maximum absolute atomic E-state index is 12.2. The molecule has 2 aromatic rings. The Morgan fingerprint density at radius 3 is 2.67 bits per heavy atom. The molecule has 0 bridgehead atoms. The Kier molecular flexibility index (Phi) is 2.70. The Labute approximate surface area is 105 Å². The summed E-state index contributed by atoms with van der Waals surface area (Å²) in [5, 5.41) is 10.2. The Hall–Kier alpha value is -1.97. The normalized spacial score (nSPS) is 14.4. The van der Waals surface area contributed by atoms with Crippen molar-refractivity contribution >= 4 is 0 Å². The predicted octanol–water partition coefficient (Wildman–Crippen LogP) is 1.74. The molecule has 0 amide bonds. The zero-order valence-electron chi connectivity index (χ0n) is 10.2. The highest BCUT2D eigenvalue weighted by Gasteiger charge is 2.21. The van der Waals surface area contributed by atoms with Crippen LogP contribution in [-0.4, -0.2) is 14.2 Å². The third kappa shape index (κ3) is 1.74. The largest absolute Gasteiger partial charge is 0.493 e. The number of aromatic hydroxyl groups is 1. The van der Waals surface area contributed by atoms with Crippen LogP contribution < -0.4 is 5.69 Å². The van der Waals surface area contributed by atoms with Gasteiger partial charge in [0, 0.05) is 6.54 Å². The van der Waals surface area contributed by atoms with Gasteiger partial charge in [0.15, 0.2) is 0 Å². The zero-order valence-corrected chi connectivity index (χ0v) is 10.2. The second kappa shape index (κ2) is 4.37. The average molecular weight is 244 g/mol. The van der Waals surface area contributed by atoms with E-state index in [2.05, 4.69) is 0 Å². The number of fused-ring (bicyclic) bond motifs is 1. The first kappa shape index (κ1) is 11.1. The van der Waals surface area contributed by atoms with E-state index in [1.807, 2.05) is 30.3 Å². The summed E-state index contributed by atoms with van der Waals surface area (Å²) in [4.78, 5) is 12.2. The van der Waals surface area contributed by atoms with Gasteiger partial charge in [-0.2, -0.15) is 0 Å². The van der Waals surface area contributed by atoms with Gasteiger partial charge in [-0.3, -0.25) is 9.13 Å². The van der Waals surface area contributed by atoms with Crippen molar-refractivity contribution < 1.29 is 5.11 Å². The Bertz CT molecular complexity index is 611. The van der Waals surface area contributed by atoms with Crippen LogP contribution in [0.15, 0.2) is 35.1 Å². The number of hydrogen-bond acceptors (Lipinski definition) is 2. The van der Waals surface area contributed by atoms with Gasteiger partial charge in [-0.25, -0.2) is 4.79 Å². The molecule has 94 valence electrons. The third-order valence-electron chi connectivity index (χ3n) is 3.53. The number of hydrogen-bond donors (Lipinski definition) is 1. The highest BCUT2D eigenvalue weighted by molar-refractivity contribution is 5.24. The molecular formula is C14H16N2O2. The van der Waals surface area contributed by atoms with E-state index < -0.39 is 0 Å². The molecule has 0 aliphatic carbocycles. The lowest BCUT2D eigenvalue weighted by molar-refractivity contribution is 0.411. The molecular weight excluding hydrogens is 228 g/mol. The quantitative estimate of drug-likeness (QED) is 0.874. The van der Waals surface area contributed by atoms with Gasteiger partial charge in [0.2, 0.25) is 5.88 Å². The van der Waals surface area contributed by atoms with E-state index in [1.165, 1.54) is 4.57 Å². The predicted molar refractivity (Wildman–Crippen MR) is 68.8 cm³/mol. The van der Waals surface area contributed by atoms with Crippen molar-refractivity contribution in [3.8, 4) is 5.88 Å². The van der Waals surface area contributed by atoms with Crippen LogP contribution in [0, 0.1) is 0 Å². The Balaban J connectivity index is 2.03. The SMILES string of the molecule is O=c1n(Cc2ccccc2)c(O)c2n1CCCC2. The van der Waals surface area contributed by atoms with Crippen molar-refractivity contribution in [2.75, 3.05) is 0 Å². The summed E-state index contributed by atoms with van der Waals surface area (Å²) in [6, 6.07) is 9.74. The first-order valence-corrected chi connectivity index (χ1v) is 6.32. The van der Waals surface area contributed by atoms with Gasteiger partial charge < -0.3 is 5.11 Å². The standard InChI is InChI=1S/C14H16N2O2/c17-13-12-8-4-5-9-15(12)14(18)16(13)10-11-6-2-1-3-7-11/h1-3,6-7,17H,4-5,8-10H2. The summed E-state index contributed by atoms with van der Waals surface area (Å²) < 4.78 is 3.18. The van der Waals surface area contributed by atoms with E-state index in [4.69, 9.17) is 0 Å². The maximum Gasteiger partial charge on any atom is 0.331 e. The molecule has 1 aliphatic rings. The zero-order chi connectivity index (χ0) is 12.5. The minimum absolute atomic E-state index is 0.0916. The van der Waals surface area contributed by atoms with Gasteiger partial charge in [0.25, 0.3) is 0 Å². The molecule has 0 atom stereocenters. The van der Waals surface area contributed by atoms with Gasteiger partial charge in [-0.1, -0.05) is 30.3 Å². The molecule has 0 spiro atoms. The molecule has 0 radical (unpaired) electrons. The summed E-state index contributed by atoms with van der Waals surface area (Å²) in [5.74, 6) is 0.142. The van der Waals surface area contributed by atoms with E-state index in [0.29, 0.717) is 6.54 Å². The lowest BCUT2D eigenvalue weighted by Gasteiger charge is -2.11. The van der Waals surface area contributed by atoms with Crippen LogP contribution in [0.1, 0.15) is 24.1 Å². The van der Waals surface area contributed by atoms with Crippen LogP contribution in [0.2, 0.25) is 0 Å². The number of nitrogens with zero attached hydrogens (tertiary/aromatic N) is 2. The van der Waals surface area contributed by atoms with Crippen molar-refractivity contribution in [3.63, 3.8) is 0 Å². The van der Waals surface area contributed by atoms with Crippen molar-refractivity contribution in [1.82, 2.24) is 9.13 Å². The molecule has 18 heavy (non-hydrogen) atoms. The van der Waals surface area contributed by atoms with Gasteiger partial charge in [0.1, 0.15) is 0 Å².